The smallest absolute Gasteiger partial charge is 0.192 e. The maximum atomic E-state index is 12.0. The highest BCUT2D eigenvalue weighted by Crippen LogP contribution is 2.23. The summed E-state index contributed by atoms with van der Waals surface area (Å²) in [4.78, 5) is 18.2. The number of rotatable bonds is 1. The molecular weight excluding hydrogens is 188 g/mol. The predicted octanol–water partition coefficient (Wildman–Crippen LogP) is 1.66. The van der Waals surface area contributed by atoms with Crippen molar-refractivity contribution < 1.29 is 4.79 Å². The Kier molecular flexibility index (Phi) is 2.54. The predicted molar refractivity (Wildman–Crippen MR) is 58.7 cm³/mol. The highest BCUT2D eigenvalue weighted by Gasteiger charge is 2.22. The molecule has 3 nitrogen and oxygen atoms in total. The average molecular weight is 202 g/mol. The highest BCUT2D eigenvalue weighted by molar-refractivity contribution is 6.10. The molecule has 1 aliphatic rings. The van der Waals surface area contributed by atoms with E-state index in [4.69, 9.17) is 0 Å². The van der Waals surface area contributed by atoms with Gasteiger partial charge in [-0.1, -0.05) is 0 Å². The normalized spacial score (nSPS) is 17.7. The van der Waals surface area contributed by atoms with Crippen molar-refractivity contribution in [2.45, 2.75) is 12.8 Å². The van der Waals surface area contributed by atoms with Gasteiger partial charge in [-0.2, -0.15) is 0 Å². The van der Waals surface area contributed by atoms with Gasteiger partial charge in [0.1, 0.15) is 0 Å². The van der Waals surface area contributed by atoms with Crippen LogP contribution in [0.15, 0.2) is 30.1 Å². The number of aryl methyl sites for hydroxylation is 1. The van der Waals surface area contributed by atoms with Crippen LogP contribution in [0.3, 0.4) is 0 Å². The van der Waals surface area contributed by atoms with Gasteiger partial charge in [-0.3, -0.25) is 9.78 Å². The Morgan fingerprint density at radius 3 is 2.93 bits per heavy atom. The third-order valence-corrected chi connectivity index (χ3v) is 2.47. The molecular formula is C12H14N2O. The topological polar surface area (TPSA) is 33.2 Å². The van der Waals surface area contributed by atoms with Gasteiger partial charge in [0.15, 0.2) is 5.78 Å². The molecule has 0 bridgehead atoms. The van der Waals surface area contributed by atoms with Crippen LogP contribution in [0.1, 0.15) is 22.5 Å². The van der Waals surface area contributed by atoms with E-state index in [9.17, 15) is 4.79 Å². The second kappa shape index (κ2) is 3.85. The molecule has 2 rings (SSSR count). The second-order valence-electron chi connectivity index (χ2n) is 3.94. The number of Topliss-reactive ketones (excluding diaryl/α,β-unsaturated/α-hetero) is 1. The van der Waals surface area contributed by atoms with Gasteiger partial charge in [-0.05, 0) is 25.0 Å². The Morgan fingerprint density at radius 2 is 2.20 bits per heavy atom. The lowest BCUT2D eigenvalue weighted by Gasteiger charge is -2.17. The third kappa shape index (κ3) is 1.91. The molecule has 15 heavy (non-hydrogen) atoms. The molecule has 1 aromatic heterocycles. The standard InChI is InChI=1S/C12H14N2O/c1-14(2)8-9-5-6-11-10(12(9)15)4-3-7-13-11/h3-4,7-8H,5-6H2,1-2H3/b9-8+. The summed E-state index contributed by atoms with van der Waals surface area (Å²) < 4.78 is 0. The van der Waals surface area contributed by atoms with Crippen LogP contribution in [0, 0.1) is 0 Å². The fourth-order valence-corrected chi connectivity index (χ4v) is 1.82. The lowest BCUT2D eigenvalue weighted by atomic mass is 9.91. The van der Waals surface area contributed by atoms with Crippen molar-refractivity contribution in [2.75, 3.05) is 14.1 Å². The summed E-state index contributed by atoms with van der Waals surface area (Å²) >= 11 is 0. The molecule has 0 spiro atoms. The van der Waals surface area contributed by atoms with E-state index < -0.39 is 0 Å². The molecule has 0 radical (unpaired) electrons. The number of hydrogen-bond donors (Lipinski definition) is 0. The number of hydrogen-bond acceptors (Lipinski definition) is 3. The summed E-state index contributed by atoms with van der Waals surface area (Å²) in [5.74, 6) is 0.123. The minimum atomic E-state index is 0.123. The number of carbonyl (C=O) groups is 1. The van der Waals surface area contributed by atoms with E-state index in [1.165, 1.54) is 0 Å². The van der Waals surface area contributed by atoms with Crippen molar-refractivity contribution in [2.24, 2.45) is 0 Å². The van der Waals surface area contributed by atoms with Gasteiger partial charge in [0, 0.05) is 37.6 Å². The maximum Gasteiger partial charge on any atom is 0.192 e. The number of allylic oxidation sites excluding steroid dienone is 1. The molecule has 0 fully saturated rings. The van der Waals surface area contributed by atoms with E-state index in [-0.39, 0.29) is 5.78 Å². The summed E-state index contributed by atoms with van der Waals surface area (Å²) in [7, 11) is 3.86. The average Bonchev–Trinajstić information content (AvgIpc) is 2.22. The van der Waals surface area contributed by atoms with Crippen LogP contribution in [0.5, 0.6) is 0 Å². The van der Waals surface area contributed by atoms with Gasteiger partial charge >= 0.3 is 0 Å². The van der Waals surface area contributed by atoms with Crippen molar-refractivity contribution in [3.63, 3.8) is 0 Å². The first kappa shape index (κ1) is 9.90. The summed E-state index contributed by atoms with van der Waals surface area (Å²) in [5, 5.41) is 0. The molecule has 0 aliphatic heterocycles. The molecule has 0 atom stereocenters. The van der Waals surface area contributed by atoms with Crippen molar-refractivity contribution in [1.29, 1.82) is 0 Å². The number of nitrogens with zero attached hydrogens (tertiary/aromatic N) is 2. The molecule has 0 saturated heterocycles. The number of ketones is 1. The minimum absolute atomic E-state index is 0.123. The summed E-state index contributed by atoms with van der Waals surface area (Å²) in [6.07, 6.45) is 5.30. The van der Waals surface area contributed by atoms with Gasteiger partial charge in [0.2, 0.25) is 0 Å². The molecule has 3 heteroatoms. The number of fused-ring (bicyclic) bond motifs is 1. The number of aromatic nitrogens is 1. The SMILES string of the molecule is CN(C)/C=C1\CCc2ncccc2C1=O. The zero-order valence-electron chi connectivity index (χ0n) is 9.03. The van der Waals surface area contributed by atoms with Crippen LogP contribution < -0.4 is 0 Å². The summed E-state index contributed by atoms with van der Waals surface area (Å²) in [5.41, 5.74) is 2.57. The van der Waals surface area contributed by atoms with E-state index in [1.807, 2.05) is 37.3 Å². The molecule has 78 valence electrons. The summed E-state index contributed by atoms with van der Waals surface area (Å²) in [6.45, 7) is 0. The van der Waals surface area contributed by atoms with Crippen molar-refractivity contribution in [3.8, 4) is 0 Å². The number of carbonyl (C=O) groups excluding carboxylic acids is 1. The Morgan fingerprint density at radius 1 is 1.40 bits per heavy atom. The van der Waals surface area contributed by atoms with Gasteiger partial charge < -0.3 is 4.90 Å². The lowest BCUT2D eigenvalue weighted by Crippen LogP contribution is -2.17. The molecule has 0 amide bonds. The molecule has 1 aliphatic carbocycles. The Labute approximate surface area is 89.4 Å². The second-order valence-corrected chi connectivity index (χ2v) is 3.94. The van der Waals surface area contributed by atoms with E-state index in [1.54, 1.807) is 6.20 Å². The van der Waals surface area contributed by atoms with Crippen molar-refractivity contribution in [3.05, 3.63) is 41.4 Å². The molecule has 1 heterocycles. The zero-order chi connectivity index (χ0) is 10.8. The van der Waals surface area contributed by atoms with Crippen molar-refractivity contribution in [1.82, 2.24) is 9.88 Å². The molecule has 0 saturated carbocycles. The highest BCUT2D eigenvalue weighted by atomic mass is 16.1. The van der Waals surface area contributed by atoms with Crippen LogP contribution >= 0.6 is 0 Å². The summed E-state index contributed by atoms with van der Waals surface area (Å²) in [6, 6.07) is 3.67. The van der Waals surface area contributed by atoms with Crippen molar-refractivity contribution >= 4 is 5.78 Å². The minimum Gasteiger partial charge on any atom is -0.383 e. The van der Waals surface area contributed by atoms with E-state index >= 15 is 0 Å². The molecule has 0 N–H and O–H groups in total. The first-order valence-electron chi connectivity index (χ1n) is 5.04. The van der Waals surface area contributed by atoms with Crippen LogP contribution in [-0.2, 0) is 6.42 Å². The maximum absolute atomic E-state index is 12.0. The van der Waals surface area contributed by atoms with Crippen LogP contribution in [0.4, 0.5) is 0 Å². The largest absolute Gasteiger partial charge is 0.383 e. The lowest BCUT2D eigenvalue weighted by molar-refractivity contribution is 0.102. The van der Waals surface area contributed by atoms with Gasteiger partial charge in [-0.25, -0.2) is 0 Å². The fraction of sp³-hybridized carbons (Fsp3) is 0.333. The quantitative estimate of drug-likeness (QED) is 0.649. The molecule has 0 unspecified atom stereocenters. The van der Waals surface area contributed by atoms with E-state index in [0.717, 1.165) is 29.7 Å². The Hall–Kier alpha value is -1.64. The van der Waals surface area contributed by atoms with E-state index in [2.05, 4.69) is 4.98 Å². The third-order valence-electron chi connectivity index (χ3n) is 2.47. The van der Waals surface area contributed by atoms with Gasteiger partial charge in [0.25, 0.3) is 0 Å². The zero-order valence-corrected chi connectivity index (χ0v) is 9.03. The first-order chi connectivity index (χ1) is 7.18. The molecule has 1 aromatic rings. The molecule has 0 aromatic carbocycles. The van der Waals surface area contributed by atoms with Gasteiger partial charge in [0.05, 0.1) is 5.69 Å². The monoisotopic (exact) mass is 202 g/mol. The first-order valence-corrected chi connectivity index (χ1v) is 5.04. The van der Waals surface area contributed by atoms with Crippen LogP contribution in [0.25, 0.3) is 0 Å². The van der Waals surface area contributed by atoms with Crippen LogP contribution in [-0.4, -0.2) is 29.8 Å². The number of pyridine rings is 1. The fourth-order valence-electron chi connectivity index (χ4n) is 1.82. The van der Waals surface area contributed by atoms with Gasteiger partial charge in [-0.15, -0.1) is 0 Å². The Balaban J connectivity index is 2.38. The van der Waals surface area contributed by atoms with E-state index in [0.29, 0.717) is 0 Å². The van der Waals surface area contributed by atoms with Crippen LogP contribution in [0.2, 0.25) is 0 Å². The Bertz CT molecular complexity index is 421.